The number of aryl methyl sites for hydroxylation is 1. The SMILES string of the molecule is Cc1noc(C(NC(=O)C(C)c2ccsc2)C2CCOCC2)n1. The largest absolute Gasteiger partial charge is 0.381 e. The molecule has 0 spiro atoms. The van der Waals surface area contributed by atoms with E-state index in [2.05, 4.69) is 15.5 Å². The number of rotatable bonds is 5. The average Bonchev–Trinajstić information content (AvgIpc) is 3.24. The number of carbonyl (C=O) groups is 1. The molecule has 3 heterocycles. The maximum absolute atomic E-state index is 12.6. The van der Waals surface area contributed by atoms with E-state index in [4.69, 9.17) is 9.26 Å². The van der Waals surface area contributed by atoms with E-state index in [1.54, 1.807) is 18.3 Å². The fourth-order valence-corrected chi connectivity index (χ4v) is 3.57. The summed E-state index contributed by atoms with van der Waals surface area (Å²) in [7, 11) is 0. The predicted molar refractivity (Wildman–Crippen MR) is 86.2 cm³/mol. The third-order valence-corrected chi connectivity index (χ3v) is 4.98. The fourth-order valence-electron chi connectivity index (χ4n) is 2.82. The summed E-state index contributed by atoms with van der Waals surface area (Å²) in [5.74, 6) is 1.10. The van der Waals surface area contributed by atoms with Crippen molar-refractivity contribution in [3.05, 3.63) is 34.1 Å². The number of aromatic nitrogens is 2. The molecule has 1 fully saturated rings. The third kappa shape index (κ3) is 3.79. The van der Waals surface area contributed by atoms with Crippen LogP contribution in [0.15, 0.2) is 21.3 Å². The van der Waals surface area contributed by atoms with Crippen LogP contribution < -0.4 is 5.32 Å². The molecule has 3 rings (SSSR count). The molecule has 0 radical (unpaired) electrons. The van der Waals surface area contributed by atoms with Crippen molar-refractivity contribution in [2.45, 2.75) is 38.6 Å². The normalized spacial score (nSPS) is 18.5. The molecule has 2 aromatic rings. The Morgan fingerprint density at radius 3 is 2.83 bits per heavy atom. The molecule has 7 heteroatoms. The number of ether oxygens (including phenoxy) is 1. The Balaban J connectivity index is 1.76. The van der Waals surface area contributed by atoms with Gasteiger partial charge >= 0.3 is 0 Å². The van der Waals surface area contributed by atoms with E-state index in [0.29, 0.717) is 24.9 Å². The first kappa shape index (κ1) is 16.1. The Hall–Kier alpha value is -1.73. The van der Waals surface area contributed by atoms with Gasteiger partial charge in [-0.1, -0.05) is 5.16 Å². The maximum Gasteiger partial charge on any atom is 0.249 e. The van der Waals surface area contributed by atoms with Crippen molar-refractivity contribution >= 4 is 17.2 Å². The number of amides is 1. The predicted octanol–water partition coefficient (Wildman–Crippen LogP) is 2.83. The van der Waals surface area contributed by atoms with Gasteiger partial charge in [-0.3, -0.25) is 4.79 Å². The molecule has 1 N–H and O–H groups in total. The Kier molecular flexibility index (Phi) is 5.07. The van der Waals surface area contributed by atoms with Crippen LogP contribution in [0.5, 0.6) is 0 Å². The molecule has 0 aromatic carbocycles. The zero-order valence-electron chi connectivity index (χ0n) is 13.3. The molecule has 23 heavy (non-hydrogen) atoms. The van der Waals surface area contributed by atoms with Crippen LogP contribution in [0.2, 0.25) is 0 Å². The minimum atomic E-state index is -0.256. The zero-order chi connectivity index (χ0) is 16.2. The van der Waals surface area contributed by atoms with Crippen LogP contribution in [0.1, 0.15) is 49.0 Å². The lowest BCUT2D eigenvalue weighted by Crippen LogP contribution is -2.38. The fraction of sp³-hybridized carbons (Fsp3) is 0.562. The van der Waals surface area contributed by atoms with Crippen molar-refractivity contribution in [2.24, 2.45) is 5.92 Å². The summed E-state index contributed by atoms with van der Waals surface area (Å²) >= 11 is 1.59. The summed E-state index contributed by atoms with van der Waals surface area (Å²) in [4.78, 5) is 17.0. The minimum absolute atomic E-state index is 0.0178. The summed E-state index contributed by atoms with van der Waals surface area (Å²) in [6.07, 6.45) is 1.75. The lowest BCUT2D eigenvalue weighted by atomic mass is 9.90. The van der Waals surface area contributed by atoms with Crippen molar-refractivity contribution in [3.63, 3.8) is 0 Å². The molecule has 0 bridgehead atoms. The first-order chi connectivity index (χ1) is 11.1. The van der Waals surface area contributed by atoms with E-state index in [9.17, 15) is 4.79 Å². The highest BCUT2D eigenvalue weighted by Crippen LogP contribution is 2.30. The summed E-state index contributed by atoms with van der Waals surface area (Å²) in [5.41, 5.74) is 1.03. The van der Waals surface area contributed by atoms with Gasteiger partial charge in [0.2, 0.25) is 11.8 Å². The van der Waals surface area contributed by atoms with Crippen molar-refractivity contribution < 1.29 is 14.1 Å². The molecular weight excluding hydrogens is 314 g/mol. The smallest absolute Gasteiger partial charge is 0.249 e. The van der Waals surface area contributed by atoms with Crippen LogP contribution in [-0.2, 0) is 9.53 Å². The number of carbonyl (C=O) groups excluding carboxylic acids is 1. The van der Waals surface area contributed by atoms with Crippen LogP contribution >= 0.6 is 11.3 Å². The lowest BCUT2D eigenvalue weighted by Gasteiger charge is -2.29. The van der Waals surface area contributed by atoms with E-state index >= 15 is 0 Å². The van der Waals surface area contributed by atoms with Gasteiger partial charge in [-0.25, -0.2) is 0 Å². The highest BCUT2D eigenvalue weighted by molar-refractivity contribution is 7.08. The van der Waals surface area contributed by atoms with E-state index < -0.39 is 0 Å². The van der Waals surface area contributed by atoms with Gasteiger partial charge < -0.3 is 14.6 Å². The van der Waals surface area contributed by atoms with Crippen molar-refractivity contribution in [1.29, 1.82) is 0 Å². The molecule has 6 nitrogen and oxygen atoms in total. The summed E-state index contributed by atoms with van der Waals surface area (Å²) in [6.45, 7) is 5.09. The van der Waals surface area contributed by atoms with E-state index in [1.807, 2.05) is 23.8 Å². The van der Waals surface area contributed by atoms with Gasteiger partial charge in [0.05, 0.1) is 5.92 Å². The molecule has 2 aromatic heterocycles. The van der Waals surface area contributed by atoms with Gasteiger partial charge in [-0.2, -0.15) is 16.3 Å². The molecule has 0 aliphatic carbocycles. The summed E-state index contributed by atoms with van der Waals surface area (Å²) in [6, 6.07) is 1.73. The molecular formula is C16H21N3O3S. The van der Waals surface area contributed by atoms with Gasteiger partial charge in [0.1, 0.15) is 6.04 Å². The van der Waals surface area contributed by atoms with Crippen LogP contribution in [0, 0.1) is 12.8 Å². The van der Waals surface area contributed by atoms with Gasteiger partial charge in [0.15, 0.2) is 5.82 Å². The lowest BCUT2D eigenvalue weighted by molar-refractivity contribution is -0.124. The third-order valence-electron chi connectivity index (χ3n) is 4.28. The summed E-state index contributed by atoms with van der Waals surface area (Å²) < 4.78 is 10.8. The van der Waals surface area contributed by atoms with Gasteiger partial charge in [0, 0.05) is 13.2 Å². The number of nitrogens with one attached hydrogen (secondary N) is 1. The van der Waals surface area contributed by atoms with Crippen LogP contribution in [-0.4, -0.2) is 29.3 Å². The average molecular weight is 335 g/mol. The molecule has 0 saturated carbocycles. The summed E-state index contributed by atoms with van der Waals surface area (Å²) in [5, 5.41) is 11.0. The quantitative estimate of drug-likeness (QED) is 0.909. The number of nitrogens with zero attached hydrogens (tertiary/aromatic N) is 2. The first-order valence-electron chi connectivity index (χ1n) is 7.85. The molecule has 2 unspecified atom stereocenters. The highest BCUT2D eigenvalue weighted by atomic mass is 32.1. The first-order valence-corrected chi connectivity index (χ1v) is 8.80. The Labute approximate surface area is 139 Å². The van der Waals surface area contributed by atoms with Gasteiger partial charge in [-0.15, -0.1) is 0 Å². The van der Waals surface area contributed by atoms with Crippen LogP contribution in [0.3, 0.4) is 0 Å². The van der Waals surface area contributed by atoms with Crippen LogP contribution in [0.25, 0.3) is 0 Å². The van der Waals surface area contributed by atoms with Crippen molar-refractivity contribution in [3.8, 4) is 0 Å². The second-order valence-electron chi connectivity index (χ2n) is 5.89. The molecule has 124 valence electrons. The van der Waals surface area contributed by atoms with Crippen molar-refractivity contribution in [1.82, 2.24) is 15.5 Å². The van der Waals surface area contributed by atoms with E-state index in [-0.39, 0.29) is 23.8 Å². The number of hydrogen-bond acceptors (Lipinski definition) is 6. The minimum Gasteiger partial charge on any atom is -0.381 e. The number of thiophene rings is 1. The number of hydrogen-bond donors (Lipinski definition) is 1. The van der Waals surface area contributed by atoms with E-state index in [1.165, 1.54) is 0 Å². The topological polar surface area (TPSA) is 77.2 Å². The Morgan fingerprint density at radius 1 is 1.43 bits per heavy atom. The Bertz CT molecular complexity index is 635. The maximum atomic E-state index is 12.6. The second-order valence-corrected chi connectivity index (χ2v) is 6.67. The van der Waals surface area contributed by atoms with Gasteiger partial charge in [-0.05, 0) is 55.0 Å². The molecule has 1 aliphatic rings. The Morgan fingerprint density at radius 2 is 2.22 bits per heavy atom. The van der Waals surface area contributed by atoms with Gasteiger partial charge in [0.25, 0.3) is 0 Å². The zero-order valence-corrected chi connectivity index (χ0v) is 14.1. The highest BCUT2D eigenvalue weighted by Gasteiger charge is 2.32. The molecule has 1 amide bonds. The monoisotopic (exact) mass is 335 g/mol. The standard InChI is InChI=1S/C16H21N3O3S/c1-10(13-5-8-23-9-13)15(20)18-14(12-3-6-21-7-4-12)16-17-11(2)19-22-16/h5,8-10,12,14H,3-4,6-7H2,1-2H3,(H,18,20). The van der Waals surface area contributed by atoms with Crippen LogP contribution in [0.4, 0.5) is 0 Å². The second kappa shape index (κ2) is 7.23. The van der Waals surface area contributed by atoms with Crippen molar-refractivity contribution in [2.75, 3.05) is 13.2 Å². The molecule has 1 aliphatic heterocycles. The molecule has 2 atom stereocenters. The van der Waals surface area contributed by atoms with E-state index in [0.717, 1.165) is 18.4 Å². The molecule has 1 saturated heterocycles.